The molecule has 1 amide bonds. The molecule has 86 valence electrons. The zero-order chi connectivity index (χ0) is 12.3. The van der Waals surface area contributed by atoms with Crippen LogP contribution in [-0.4, -0.2) is 23.4 Å². The molecule has 0 aliphatic heterocycles. The van der Waals surface area contributed by atoms with E-state index in [1.54, 1.807) is 0 Å². The van der Waals surface area contributed by atoms with E-state index in [0.29, 0.717) is 0 Å². The minimum absolute atomic E-state index is 0.0142. The highest BCUT2D eigenvalue weighted by atomic mass is 35.5. The monoisotopic (exact) mass is 249 g/mol. The third kappa shape index (κ3) is 2.90. The maximum Gasteiger partial charge on any atom is 0.337 e. The molecule has 16 heavy (non-hydrogen) atoms. The second kappa shape index (κ2) is 4.89. The van der Waals surface area contributed by atoms with Crippen molar-refractivity contribution in [1.82, 2.24) is 0 Å². The summed E-state index contributed by atoms with van der Waals surface area (Å²) in [6.07, 6.45) is -3.14. The van der Waals surface area contributed by atoms with Gasteiger partial charge in [0.25, 0.3) is 5.91 Å². The zero-order valence-corrected chi connectivity index (χ0v) is 8.46. The molecule has 0 fully saturated rings. The van der Waals surface area contributed by atoms with Crippen LogP contribution in [0.25, 0.3) is 0 Å². The number of anilines is 1. The number of amides is 1. The number of aromatic carboxylic acids is 1. The van der Waals surface area contributed by atoms with Crippen LogP contribution in [0.3, 0.4) is 0 Å². The zero-order valence-electron chi connectivity index (χ0n) is 7.71. The standard InChI is InChI=1S/C9H6ClF2NO3/c10-6-3-4(13-8(14)7(11)12)1-2-5(6)9(15)16/h1-3,7H,(H,13,14)(H,15,16). The molecule has 0 spiro atoms. The van der Waals surface area contributed by atoms with Gasteiger partial charge in [-0.2, -0.15) is 8.78 Å². The first-order valence-electron chi connectivity index (χ1n) is 4.03. The molecule has 0 saturated carbocycles. The lowest BCUT2D eigenvalue weighted by atomic mass is 10.2. The molecular formula is C9H6ClF2NO3. The fourth-order valence-electron chi connectivity index (χ4n) is 0.963. The minimum atomic E-state index is -3.14. The first-order valence-corrected chi connectivity index (χ1v) is 4.41. The van der Waals surface area contributed by atoms with Gasteiger partial charge in [-0.25, -0.2) is 4.79 Å². The van der Waals surface area contributed by atoms with Gasteiger partial charge in [-0.1, -0.05) is 11.6 Å². The molecule has 1 rings (SSSR count). The first kappa shape index (κ1) is 12.4. The lowest BCUT2D eigenvalue weighted by Gasteiger charge is -2.05. The van der Waals surface area contributed by atoms with Crippen LogP contribution in [0.4, 0.5) is 14.5 Å². The summed E-state index contributed by atoms with van der Waals surface area (Å²) in [5.41, 5.74) is -0.156. The number of rotatable bonds is 3. The molecule has 0 aromatic heterocycles. The van der Waals surface area contributed by atoms with Crippen LogP contribution in [0.2, 0.25) is 5.02 Å². The number of carboxylic acid groups (broad SMARTS) is 1. The van der Waals surface area contributed by atoms with E-state index in [1.807, 2.05) is 5.32 Å². The molecular weight excluding hydrogens is 244 g/mol. The average Bonchev–Trinajstić information content (AvgIpc) is 2.16. The summed E-state index contributed by atoms with van der Waals surface area (Å²) in [6, 6.07) is 3.38. The van der Waals surface area contributed by atoms with E-state index >= 15 is 0 Å². The molecule has 2 N–H and O–H groups in total. The third-order valence-corrected chi connectivity index (χ3v) is 1.98. The first-order chi connectivity index (χ1) is 7.41. The van der Waals surface area contributed by atoms with Crippen LogP contribution in [-0.2, 0) is 4.79 Å². The van der Waals surface area contributed by atoms with E-state index in [9.17, 15) is 18.4 Å². The predicted molar refractivity (Wildman–Crippen MR) is 53.0 cm³/mol. The summed E-state index contributed by atoms with van der Waals surface area (Å²) in [5, 5.41) is 10.4. The van der Waals surface area contributed by atoms with Gasteiger partial charge in [-0.3, -0.25) is 4.79 Å². The number of halogens is 3. The summed E-state index contributed by atoms with van der Waals surface area (Å²) in [7, 11) is 0. The van der Waals surface area contributed by atoms with Gasteiger partial charge in [0.2, 0.25) is 0 Å². The number of benzene rings is 1. The highest BCUT2D eigenvalue weighted by molar-refractivity contribution is 6.33. The third-order valence-electron chi connectivity index (χ3n) is 1.67. The predicted octanol–water partition coefficient (Wildman–Crippen LogP) is 2.24. The maximum absolute atomic E-state index is 11.9. The lowest BCUT2D eigenvalue weighted by Crippen LogP contribution is -2.20. The number of carbonyl (C=O) groups excluding carboxylic acids is 1. The molecule has 0 aliphatic rings. The van der Waals surface area contributed by atoms with Crippen molar-refractivity contribution >= 4 is 29.2 Å². The van der Waals surface area contributed by atoms with Gasteiger partial charge >= 0.3 is 12.4 Å². The Kier molecular flexibility index (Phi) is 3.78. The quantitative estimate of drug-likeness (QED) is 0.863. The van der Waals surface area contributed by atoms with Gasteiger partial charge in [-0.05, 0) is 18.2 Å². The Labute approximate surface area is 93.8 Å². The second-order valence-corrected chi connectivity index (χ2v) is 3.20. The Morgan fingerprint density at radius 1 is 1.38 bits per heavy atom. The van der Waals surface area contributed by atoms with E-state index in [4.69, 9.17) is 16.7 Å². The average molecular weight is 250 g/mol. The molecule has 0 atom stereocenters. The molecule has 0 aliphatic carbocycles. The van der Waals surface area contributed by atoms with Crippen molar-refractivity contribution in [3.05, 3.63) is 28.8 Å². The molecule has 0 radical (unpaired) electrons. The molecule has 1 aromatic carbocycles. The van der Waals surface area contributed by atoms with E-state index in [-0.39, 0.29) is 16.3 Å². The van der Waals surface area contributed by atoms with Crippen molar-refractivity contribution in [1.29, 1.82) is 0 Å². The molecule has 1 aromatic rings. The molecule has 0 heterocycles. The van der Waals surface area contributed by atoms with Crippen molar-refractivity contribution in [3.8, 4) is 0 Å². The maximum atomic E-state index is 11.9. The lowest BCUT2D eigenvalue weighted by molar-refractivity contribution is -0.126. The normalized spacial score (nSPS) is 10.2. The Hall–Kier alpha value is -1.69. The van der Waals surface area contributed by atoms with Crippen LogP contribution in [0.5, 0.6) is 0 Å². The number of alkyl halides is 2. The fraction of sp³-hybridized carbons (Fsp3) is 0.111. The molecule has 7 heteroatoms. The number of hydrogen-bond donors (Lipinski definition) is 2. The Bertz CT molecular complexity index is 437. The van der Waals surface area contributed by atoms with Crippen LogP contribution in [0.1, 0.15) is 10.4 Å². The van der Waals surface area contributed by atoms with Gasteiger partial charge in [0.1, 0.15) is 0 Å². The number of carbonyl (C=O) groups is 2. The van der Waals surface area contributed by atoms with Gasteiger partial charge in [0.15, 0.2) is 0 Å². The van der Waals surface area contributed by atoms with Crippen LogP contribution < -0.4 is 5.32 Å². The summed E-state index contributed by atoms with van der Waals surface area (Å²) in [4.78, 5) is 21.2. The van der Waals surface area contributed by atoms with Gasteiger partial charge in [0, 0.05) is 5.69 Å². The van der Waals surface area contributed by atoms with E-state index in [1.165, 1.54) is 6.07 Å². The SMILES string of the molecule is O=C(O)c1ccc(NC(=O)C(F)F)cc1Cl. The van der Waals surface area contributed by atoms with E-state index in [0.717, 1.165) is 12.1 Å². The Morgan fingerprint density at radius 3 is 2.44 bits per heavy atom. The smallest absolute Gasteiger partial charge is 0.337 e. The molecule has 4 nitrogen and oxygen atoms in total. The van der Waals surface area contributed by atoms with E-state index < -0.39 is 18.3 Å². The van der Waals surface area contributed by atoms with Crippen molar-refractivity contribution in [2.75, 3.05) is 5.32 Å². The van der Waals surface area contributed by atoms with Gasteiger partial charge < -0.3 is 10.4 Å². The fourth-order valence-corrected chi connectivity index (χ4v) is 1.22. The molecule has 0 unspecified atom stereocenters. The van der Waals surface area contributed by atoms with Crippen LogP contribution in [0.15, 0.2) is 18.2 Å². The van der Waals surface area contributed by atoms with Crippen molar-refractivity contribution in [2.24, 2.45) is 0 Å². The summed E-state index contributed by atoms with van der Waals surface area (Å²) in [5.74, 6) is -2.71. The number of hydrogen-bond acceptors (Lipinski definition) is 2. The van der Waals surface area contributed by atoms with Crippen LogP contribution >= 0.6 is 11.6 Å². The molecule has 0 saturated heterocycles. The second-order valence-electron chi connectivity index (χ2n) is 2.79. The summed E-state index contributed by atoms with van der Waals surface area (Å²) >= 11 is 5.57. The topological polar surface area (TPSA) is 66.4 Å². The van der Waals surface area contributed by atoms with E-state index in [2.05, 4.69) is 0 Å². The van der Waals surface area contributed by atoms with Crippen molar-refractivity contribution < 1.29 is 23.5 Å². The highest BCUT2D eigenvalue weighted by Crippen LogP contribution is 2.21. The summed E-state index contributed by atoms with van der Waals surface area (Å²) < 4.78 is 23.8. The largest absolute Gasteiger partial charge is 0.478 e. The Morgan fingerprint density at radius 2 is 2.00 bits per heavy atom. The minimum Gasteiger partial charge on any atom is -0.478 e. The van der Waals surface area contributed by atoms with Crippen molar-refractivity contribution in [3.63, 3.8) is 0 Å². The molecule has 0 bridgehead atoms. The van der Waals surface area contributed by atoms with Gasteiger partial charge in [0.05, 0.1) is 10.6 Å². The van der Waals surface area contributed by atoms with Gasteiger partial charge in [-0.15, -0.1) is 0 Å². The summed E-state index contributed by atoms with van der Waals surface area (Å²) in [6.45, 7) is 0. The van der Waals surface area contributed by atoms with Crippen LogP contribution in [0, 0.1) is 0 Å². The highest BCUT2D eigenvalue weighted by Gasteiger charge is 2.16. The number of carboxylic acids is 1. The number of nitrogens with one attached hydrogen (secondary N) is 1. The Balaban J connectivity index is 2.90. The van der Waals surface area contributed by atoms with Crippen molar-refractivity contribution in [2.45, 2.75) is 6.43 Å².